The van der Waals surface area contributed by atoms with Crippen LogP contribution < -0.4 is 5.73 Å². The molecule has 0 saturated heterocycles. The van der Waals surface area contributed by atoms with Crippen LogP contribution in [0.4, 0.5) is 0 Å². The van der Waals surface area contributed by atoms with E-state index in [9.17, 15) is 9.90 Å². The van der Waals surface area contributed by atoms with Crippen LogP contribution in [0, 0.1) is 11.3 Å². The number of ether oxygens (including phenoxy) is 1. The molecule has 0 aromatic carbocycles. The number of esters is 1. The predicted octanol–water partition coefficient (Wildman–Crippen LogP) is 0.748. The van der Waals surface area contributed by atoms with Crippen molar-refractivity contribution in [3.05, 3.63) is 23.1 Å². The number of aliphatic hydroxyl groups is 1. The number of nitrogens with two attached hydrogens (primary N) is 1. The molecule has 0 spiro atoms. The smallest absolute Gasteiger partial charge is 0.343 e. The van der Waals surface area contributed by atoms with Crippen LogP contribution in [0.2, 0.25) is 0 Å². The fourth-order valence-electron chi connectivity index (χ4n) is 0.804. The van der Waals surface area contributed by atoms with Crippen LogP contribution in [0.1, 0.15) is 13.8 Å². The van der Waals surface area contributed by atoms with Gasteiger partial charge in [0.05, 0.1) is 18.8 Å². The number of nitrogens with zero attached hydrogens (tertiary/aromatic N) is 1. The van der Waals surface area contributed by atoms with Crippen LogP contribution in [-0.2, 0) is 9.53 Å². The van der Waals surface area contributed by atoms with Crippen molar-refractivity contribution in [2.24, 2.45) is 5.73 Å². The lowest BCUT2D eigenvalue weighted by molar-refractivity contribution is -0.138. The zero-order valence-electron chi connectivity index (χ0n) is 8.07. The summed E-state index contributed by atoms with van der Waals surface area (Å²) in [5.74, 6) is -1.22. The maximum Gasteiger partial charge on any atom is 0.343 e. The second-order valence-corrected chi connectivity index (χ2v) is 2.44. The average Bonchev–Trinajstić information content (AvgIpc) is 2.04. The van der Waals surface area contributed by atoms with Crippen LogP contribution in [0.25, 0.3) is 0 Å². The van der Waals surface area contributed by atoms with E-state index in [1.54, 1.807) is 13.0 Å². The minimum absolute atomic E-state index is 0.104. The van der Waals surface area contributed by atoms with Gasteiger partial charge in [0.25, 0.3) is 0 Å². The molecule has 76 valence electrons. The van der Waals surface area contributed by atoms with Gasteiger partial charge in [-0.1, -0.05) is 0 Å². The third-order valence-electron chi connectivity index (χ3n) is 1.33. The lowest BCUT2D eigenvalue weighted by Crippen LogP contribution is -2.14. The predicted molar refractivity (Wildman–Crippen MR) is 49.8 cm³/mol. The summed E-state index contributed by atoms with van der Waals surface area (Å²) in [5.41, 5.74) is 5.30. The molecule has 0 aliphatic carbocycles. The Bertz CT molecular complexity index is 319. The summed E-state index contributed by atoms with van der Waals surface area (Å²) >= 11 is 0. The molecule has 0 aliphatic rings. The fourth-order valence-corrected chi connectivity index (χ4v) is 0.804. The van der Waals surface area contributed by atoms with Crippen LogP contribution in [0.15, 0.2) is 23.1 Å². The van der Waals surface area contributed by atoms with Crippen molar-refractivity contribution in [2.45, 2.75) is 13.8 Å². The number of allylic oxidation sites excluding steroid dienone is 2. The van der Waals surface area contributed by atoms with E-state index >= 15 is 0 Å². The summed E-state index contributed by atoms with van der Waals surface area (Å²) in [5, 5.41) is 17.6. The van der Waals surface area contributed by atoms with E-state index in [0.717, 1.165) is 6.08 Å². The van der Waals surface area contributed by atoms with Crippen molar-refractivity contribution in [3.63, 3.8) is 0 Å². The molecule has 14 heavy (non-hydrogen) atoms. The topological polar surface area (TPSA) is 96.3 Å². The highest BCUT2D eigenvalue weighted by molar-refractivity contribution is 5.93. The zero-order valence-corrected chi connectivity index (χ0v) is 8.07. The Hall–Kier alpha value is -1.96. The number of carbonyl (C=O) groups excluding carboxylic acids is 1. The Morgan fingerprint density at radius 3 is 2.64 bits per heavy atom. The Morgan fingerprint density at radius 1 is 1.71 bits per heavy atom. The maximum atomic E-state index is 11.2. The molecule has 0 heterocycles. The van der Waals surface area contributed by atoms with Gasteiger partial charge in [0.15, 0.2) is 0 Å². The van der Waals surface area contributed by atoms with Crippen molar-refractivity contribution >= 4 is 5.97 Å². The summed E-state index contributed by atoms with van der Waals surface area (Å²) in [7, 11) is 0. The minimum atomic E-state index is -0.739. The molecule has 0 aliphatic heterocycles. The molecular weight excluding hydrogens is 184 g/mol. The quantitative estimate of drug-likeness (QED) is 0.228. The molecular formula is C9H12N2O3. The summed E-state index contributed by atoms with van der Waals surface area (Å²) < 4.78 is 4.65. The summed E-state index contributed by atoms with van der Waals surface area (Å²) in [6.07, 6.45) is 0.822. The van der Waals surface area contributed by atoms with Gasteiger partial charge < -0.3 is 15.6 Å². The second kappa shape index (κ2) is 5.65. The van der Waals surface area contributed by atoms with Crippen molar-refractivity contribution < 1.29 is 14.6 Å². The summed E-state index contributed by atoms with van der Waals surface area (Å²) in [4.78, 5) is 11.2. The third kappa shape index (κ3) is 3.19. The average molecular weight is 196 g/mol. The van der Waals surface area contributed by atoms with Crippen LogP contribution in [0.3, 0.4) is 0 Å². The maximum absolute atomic E-state index is 11.2. The Balaban J connectivity index is 5.02. The monoisotopic (exact) mass is 196 g/mol. The number of hydrogen-bond acceptors (Lipinski definition) is 5. The molecule has 0 bridgehead atoms. The van der Waals surface area contributed by atoms with Gasteiger partial charge in [0, 0.05) is 5.70 Å². The fraction of sp³-hybridized carbons (Fsp3) is 0.333. The Morgan fingerprint density at radius 2 is 2.29 bits per heavy atom. The molecule has 0 saturated carbocycles. The van der Waals surface area contributed by atoms with Gasteiger partial charge in [-0.25, -0.2) is 4.79 Å². The molecule has 0 rings (SSSR count). The van der Waals surface area contributed by atoms with Crippen LogP contribution in [0.5, 0.6) is 0 Å². The van der Waals surface area contributed by atoms with E-state index in [2.05, 4.69) is 4.74 Å². The first-order chi connectivity index (χ1) is 6.54. The van der Waals surface area contributed by atoms with Gasteiger partial charge in [0.2, 0.25) is 0 Å². The molecule has 0 atom stereocenters. The molecule has 5 nitrogen and oxygen atoms in total. The lowest BCUT2D eigenvalue weighted by Gasteiger charge is -2.06. The van der Waals surface area contributed by atoms with Crippen LogP contribution >= 0.6 is 0 Å². The molecule has 3 N–H and O–H groups in total. The van der Waals surface area contributed by atoms with Crippen LogP contribution in [-0.4, -0.2) is 17.7 Å². The van der Waals surface area contributed by atoms with E-state index in [1.165, 1.54) is 6.92 Å². The molecule has 0 unspecified atom stereocenters. The summed E-state index contributed by atoms with van der Waals surface area (Å²) in [6.45, 7) is 3.25. The van der Waals surface area contributed by atoms with Crippen molar-refractivity contribution in [3.8, 4) is 6.07 Å². The second-order valence-electron chi connectivity index (χ2n) is 2.44. The van der Waals surface area contributed by atoms with E-state index in [4.69, 9.17) is 11.0 Å². The minimum Gasteiger partial charge on any atom is -0.506 e. The number of aliphatic hydroxyl groups excluding tert-OH is 1. The SMILES string of the molecule is CCOC(=O)C(/C(O)=C/C#N)=C(\C)N. The van der Waals surface area contributed by atoms with Gasteiger partial charge >= 0.3 is 5.97 Å². The Kier molecular flexibility index (Phi) is 4.86. The van der Waals surface area contributed by atoms with Gasteiger partial charge in [0.1, 0.15) is 11.3 Å². The first kappa shape index (κ1) is 12.0. The molecule has 5 heteroatoms. The highest BCUT2D eigenvalue weighted by atomic mass is 16.5. The number of hydrogen-bond donors (Lipinski definition) is 2. The zero-order chi connectivity index (χ0) is 11.1. The van der Waals surface area contributed by atoms with E-state index < -0.39 is 11.7 Å². The van der Waals surface area contributed by atoms with Gasteiger partial charge in [-0.2, -0.15) is 5.26 Å². The molecule has 0 radical (unpaired) electrons. The Labute approximate surface area is 82.1 Å². The van der Waals surface area contributed by atoms with Gasteiger partial charge in [-0.15, -0.1) is 0 Å². The van der Waals surface area contributed by atoms with Crippen molar-refractivity contribution in [1.29, 1.82) is 5.26 Å². The van der Waals surface area contributed by atoms with Crippen molar-refractivity contribution in [2.75, 3.05) is 6.61 Å². The van der Waals surface area contributed by atoms with E-state index in [0.29, 0.717) is 0 Å². The molecule has 0 aromatic heterocycles. The lowest BCUT2D eigenvalue weighted by atomic mass is 10.1. The van der Waals surface area contributed by atoms with Crippen molar-refractivity contribution in [1.82, 2.24) is 0 Å². The highest BCUT2D eigenvalue weighted by Crippen LogP contribution is 2.11. The molecule has 0 amide bonds. The highest BCUT2D eigenvalue weighted by Gasteiger charge is 2.17. The standard InChI is InChI=1S/C9H12N2O3/c1-3-14-9(13)8(6(2)11)7(12)4-5-10/h4,12H,3,11H2,1-2H3/b7-4-,8-6+. The number of rotatable bonds is 3. The number of nitriles is 1. The largest absolute Gasteiger partial charge is 0.506 e. The summed E-state index contributed by atoms with van der Waals surface area (Å²) in [6, 6.07) is 1.59. The van der Waals surface area contributed by atoms with E-state index in [1.807, 2.05) is 0 Å². The molecule has 0 fully saturated rings. The van der Waals surface area contributed by atoms with E-state index in [-0.39, 0.29) is 17.9 Å². The molecule has 0 aromatic rings. The third-order valence-corrected chi connectivity index (χ3v) is 1.33. The number of carbonyl (C=O) groups is 1. The van der Waals surface area contributed by atoms with Gasteiger partial charge in [-0.05, 0) is 13.8 Å². The normalized spacial score (nSPS) is 12.8. The first-order valence-corrected chi connectivity index (χ1v) is 3.97. The van der Waals surface area contributed by atoms with Gasteiger partial charge in [-0.3, -0.25) is 0 Å². The first-order valence-electron chi connectivity index (χ1n) is 3.97.